The molecule has 0 unspecified atom stereocenters. The Labute approximate surface area is 120 Å². The lowest BCUT2D eigenvalue weighted by Gasteiger charge is -2.24. The molecule has 1 saturated heterocycles. The van der Waals surface area contributed by atoms with Crippen LogP contribution >= 0.6 is 11.6 Å². The number of halogens is 4. The fourth-order valence-corrected chi connectivity index (χ4v) is 3.79. The average molecular weight is 328 g/mol. The van der Waals surface area contributed by atoms with Crippen LogP contribution in [0.5, 0.6) is 0 Å². The van der Waals surface area contributed by atoms with Crippen molar-refractivity contribution >= 4 is 27.1 Å². The van der Waals surface area contributed by atoms with E-state index in [-0.39, 0.29) is 22.6 Å². The van der Waals surface area contributed by atoms with Gasteiger partial charge in [0.1, 0.15) is 9.84 Å². The fourth-order valence-electron chi connectivity index (χ4n) is 2.06. The second-order valence-electron chi connectivity index (χ2n) is 4.76. The third-order valence-electron chi connectivity index (χ3n) is 3.21. The molecule has 0 spiro atoms. The van der Waals surface area contributed by atoms with Crippen LogP contribution in [0.15, 0.2) is 18.2 Å². The fraction of sp³-hybridized carbons (Fsp3) is 0.500. The highest BCUT2D eigenvalue weighted by molar-refractivity contribution is 7.91. The summed E-state index contributed by atoms with van der Waals surface area (Å²) >= 11 is 5.83. The predicted octanol–water partition coefficient (Wildman–Crippen LogP) is 3.35. The van der Waals surface area contributed by atoms with Gasteiger partial charge in [-0.2, -0.15) is 13.2 Å². The summed E-state index contributed by atoms with van der Waals surface area (Å²) in [6, 6.07) is 3.00. The summed E-state index contributed by atoms with van der Waals surface area (Å²) in [6.07, 6.45) is -3.57. The first kappa shape index (κ1) is 15.4. The van der Waals surface area contributed by atoms with E-state index in [1.54, 1.807) is 0 Å². The smallest absolute Gasteiger partial charge is 0.381 e. The van der Waals surface area contributed by atoms with Gasteiger partial charge in [-0.1, -0.05) is 11.6 Å². The molecule has 3 nitrogen and oxygen atoms in total. The Morgan fingerprint density at radius 1 is 1.20 bits per heavy atom. The van der Waals surface area contributed by atoms with E-state index >= 15 is 0 Å². The Morgan fingerprint density at radius 2 is 1.80 bits per heavy atom. The Morgan fingerprint density at radius 3 is 2.30 bits per heavy atom. The minimum absolute atomic E-state index is 0.0201. The van der Waals surface area contributed by atoms with Crippen LogP contribution in [0.1, 0.15) is 18.4 Å². The lowest BCUT2D eigenvalue weighted by Crippen LogP contribution is -2.32. The van der Waals surface area contributed by atoms with Crippen LogP contribution in [-0.4, -0.2) is 26.0 Å². The molecule has 1 aliphatic rings. The lowest BCUT2D eigenvalue weighted by atomic mass is 10.1. The number of benzene rings is 1. The van der Waals surface area contributed by atoms with E-state index in [1.807, 2.05) is 0 Å². The zero-order chi connectivity index (χ0) is 15.0. The van der Waals surface area contributed by atoms with Gasteiger partial charge in [-0.15, -0.1) is 0 Å². The first-order valence-corrected chi connectivity index (χ1v) is 8.21. The summed E-state index contributed by atoms with van der Waals surface area (Å²) in [5.41, 5.74) is -0.414. The number of sulfone groups is 1. The lowest BCUT2D eigenvalue weighted by molar-refractivity contribution is -0.137. The van der Waals surface area contributed by atoms with Gasteiger partial charge in [0.2, 0.25) is 0 Å². The van der Waals surface area contributed by atoms with Crippen molar-refractivity contribution in [2.24, 2.45) is 0 Å². The van der Waals surface area contributed by atoms with Crippen LogP contribution in [0.25, 0.3) is 0 Å². The molecule has 2 rings (SSSR count). The molecule has 0 aliphatic carbocycles. The van der Waals surface area contributed by atoms with Gasteiger partial charge in [-0.05, 0) is 31.0 Å². The minimum atomic E-state index is -4.43. The topological polar surface area (TPSA) is 46.2 Å². The van der Waals surface area contributed by atoms with E-state index in [0.29, 0.717) is 18.5 Å². The van der Waals surface area contributed by atoms with Crippen LogP contribution < -0.4 is 5.32 Å². The molecule has 1 aromatic rings. The SMILES string of the molecule is O=S1(=O)CCC(Nc2ccc(C(F)(F)F)cc2Cl)CC1. The van der Waals surface area contributed by atoms with Crippen molar-refractivity contribution in [1.82, 2.24) is 0 Å². The zero-order valence-corrected chi connectivity index (χ0v) is 11.9. The van der Waals surface area contributed by atoms with Crippen LogP contribution in [0.4, 0.5) is 18.9 Å². The highest BCUT2D eigenvalue weighted by Gasteiger charge is 2.31. The molecule has 0 amide bonds. The largest absolute Gasteiger partial charge is 0.416 e. The van der Waals surface area contributed by atoms with E-state index in [0.717, 1.165) is 12.1 Å². The van der Waals surface area contributed by atoms with Crippen LogP contribution in [0, 0.1) is 0 Å². The van der Waals surface area contributed by atoms with Crippen molar-refractivity contribution in [2.75, 3.05) is 16.8 Å². The molecule has 1 aliphatic heterocycles. The Kier molecular flexibility index (Phi) is 4.20. The van der Waals surface area contributed by atoms with Crippen LogP contribution in [0.3, 0.4) is 0 Å². The van der Waals surface area contributed by atoms with Gasteiger partial charge in [-0.3, -0.25) is 0 Å². The van der Waals surface area contributed by atoms with Crippen molar-refractivity contribution < 1.29 is 21.6 Å². The molecule has 0 bridgehead atoms. The first-order chi connectivity index (χ1) is 9.17. The summed E-state index contributed by atoms with van der Waals surface area (Å²) in [5, 5.41) is 2.98. The second-order valence-corrected chi connectivity index (χ2v) is 7.47. The highest BCUT2D eigenvalue weighted by Crippen LogP contribution is 2.34. The quantitative estimate of drug-likeness (QED) is 0.906. The first-order valence-electron chi connectivity index (χ1n) is 6.01. The van der Waals surface area contributed by atoms with Crippen LogP contribution in [0.2, 0.25) is 5.02 Å². The van der Waals surface area contributed by atoms with Gasteiger partial charge in [0.05, 0.1) is 27.8 Å². The van der Waals surface area contributed by atoms with Gasteiger partial charge in [0, 0.05) is 6.04 Å². The van der Waals surface area contributed by atoms with E-state index in [2.05, 4.69) is 5.32 Å². The maximum Gasteiger partial charge on any atom is 0.416 e. The molecule has 1 N–H and O–H groups in total. The summed E-state index contributed by atoms with van der Waals surface area (Å²) in [5.74, 6) is 0.172. The van der Waals surface area contributed by atoms with E-state index in [1.165, 1.54) is 6.07 Å². The minimum Gasteiger partial charge on any atom is -0.381 e. The van der Waals surface area contributed by atoms with E-state index in [4.69, 9.17) is 11.6 Å². The van der Waals surface area contributed by atoms with E-state index in [9.17, 15) is 21.6 Å². The van der Waals surface area contributed by atoms with Crippen molar-refractivity contribution in [3.63, 3.8) is 0 Å². The van der Waals surface area contributed by atoms with Crippen molar-refractivity contribution in [3.8, 4) is 0 Å². The van der Waals surface area contributed by atoms with Crippen molar-refractivity contribution in [2.45, 2.75) is 25.1 Å². The normalized spacial score (nSPS) is 19.8. The molecule has 112 valence electrons. The molecular weight excluding hydrogens is 315 g/mol. The molecular formula is C12H13ClF3NO2S. The highest BCUT2D eigenvalue weighted by atomic mass is 35.5. The molecule has 1 heterocycles. The molecule has 1 aromatic carbocycles. The van der Waals surface area contributed by atoms with Crippen molar-refractivity contribution in [1.29, 1.82) is 0 Å². The second kappa shape index (κ2) is 5.44. The molecule has 8 heteroatoms. The number of rotatable bonds is 2. The predicted molar refractivity (Wildman–Crippen MR) is 71.8 cm³/mol. The number of nitrogens with one attached hydrogen (secondary N) is 1. The average Bonchev–Trinajstić information content (AvgIpc) is 2.33. The molecule has 0 aromatic heterocycles. The summed E-state index contributed by atoms with van der Waals surface area (Å²) in [7, 11) is -2.97. The number of alkyl halides is 3. The van der Waals surface area contributed by atoms with Gasteiger partial charge in [-0.25, -0.2) is 8.42 Å². The summed E-state index contributed by atoms with van der Waals surface area (Å²) in [6.45, 7) is 0. The molecule has 0 saturated carbocycles. The molecule has 20 heavy (non-hydrogen) atoms. The number of anilines is 1. The van der Waals surface area contributed by atoms with Gasteiger partial charge < -0.3 is 5.32 Å². The Balaban J connectivity index is 2.08. The third-order valence-corrected chi connectivity index (χ3v) is 5.24. The summed E-state index contributed by atoms with van der Waals surface area (Å²) < 4.78 is 60.1. The Hall–Kier alpha value is -0.950. The van der Waals surface area contributed by atoms with Crippen LogP contribution in [-0.2, 0) is 16.0 Å². The molecule has 0 atom stereocenters. The maximum absolute atomic E-state index is 12.5. The zero-order valence-electron chi connectivity index (χ0n) is 10.4. The maximum atomic E-state index is 12.5. The Bertz CT molecular complexity index is 587. The number of hydrogen-bond donors (Lipinski definition) is 1. The summed E-state index contributed by atoms with van der Waals surface area (Å²) in [4.78, 5) is 0. The number of hydrogen-bond acceptors (Lipinski definition) is 3. The molecule has 1 fully saturated rings. The third kappa shape index (κ3) is 3.79. The van der Waals surface area contributed by atoms with Gasteiger partial charge in [0.25, 0.3) is 0 Å². The van der Waals surface area contributed by atoms with Crippen molar-refractivity contribution in [3.05, 3.63) is 28.8 Å². The molecule has 0 radical (unpaired) electrons. The standard InChI is InChI=1S/C12H13ClF3NO2S/c13-10-7-8(12(14,15)16)1-2-11(10)17-9-3-5-20(18,19)6-4-9/h1-2,7,9,17H,3-6H2. The van der Waals surface area contributed by atoms with E-state index < -0.39 is 21.6 Å². The van der Waals surface area contributed by atoms with Gasteiger partial charge in [0.15, 0.2) is 0 Å². The monoisotopic (exact) mass is 327 g/mol. The van der Waals surface area contributed by atoms with Gasteiger partial charge >= 0.3 is 6.18 Å².